The summed E-state index contributed by atoms with van der Waals surface area (Å²) < 4.78 is 36.2. The zero-order valence-electron chi connectivity index (χ0n) is 14.8. The van der Waals surface area contributed by atoms with E-state index in [2.05, 4.69) is 11.0 Å². The molecule has 2 aliphatic rings. The van der Waals surface area contributed by atoms with Gasteiger partial charge in [0.2, 0.25) is 0 Å². The van der Waals surface area contributed by atoms with Gasteiger partial charge >= 0.3 is 6.09 Å². The minimum Gasteiger partial charge on any atom is -0.444 e. The van der Waals surface area contributed by atoms with E-state index in [1.807, 2.05) is 0 Å². The molecule has 1 amide bonds. The summed E-state index contributed by atoms with van der Waals surface area (Å²) in [5.41, 5.74) is 0.359. The van der Waals surface area contributed by atoms with Crippen LogP contribution in [0.1, 0.15) is 50.6 Å². The number of ether oxygens (including phenoxy) is 1. The Kier molecular flexibility index (Phi) is 4.26. The van der Waals surface area contributed by atoms with E-state index >= 15 is 0 Å². The van der Waals surface area contributed by atoms with Crippen LogP contribution in [0, 0.1) is 18.3 Å². The van der Waals surface area contributed by atoms with Crippen LogP contribution in [0.5, 0.6) is 0 Å². The Morgan fingerprint density at radius 3 is 2.80 bits per heavy atom. The molecule has 0 radical (unpaired) electrons. The van der Waals surface area contributed by atoms with E-state index in [0.29, 0.717) is 30.8 Å². The number of amides is 1. The van der Waals surface area contributed by atoms with Gasteiger partial charge < -0.3 is 9.64 Å². The van der Waals surface area contributed by atoms with Gasteiger partial charge in [0.25, 0.3) is 5.92 Å². The summed E-state index contributed by atoms with van der Waals surface area (Å²) in [7, 11) is 0. The highest BCUT2D eigenvalue weighted by molar-refractivity contribution is 5.68. The molecular formula is C18H23F2N3O2. The molecule has 136 valence electrons. The second kappa shape index (κ2) is 6.01. The number of aromatic nitrogens is 2. The summed E-state index contributed by atoms with van der Waals surface area (Å²) in [6.07, 6.45) is 5.36. The molecule has 0 aromatic carbocycles. The van der Waals surface area contributed by atoms with Crippen molar-refractivity contribution in [1.29, 1.82) is 0 Å². The molecule has 3 rings (SSSR count). The van der Waals surface area contributed by atoms with Crippen LogP contribution in [0.3, 0.4) is 0 Å². The van der Waals surface area contributed by atoms with Gasteiger partial charge in [-0.05, 0) is 27.2 Å². The molecule has 0 saturated carbocycles. The van der Waals surface area contributed by atoms with Crippen LogP contribution in [0.25, 0.3) is 0 Å². The molecule has 5 nitrogen and oxygen atoms in total. The maximum atomic E-state index is 14.7. The van der Waals surface area contributed by atoms with Crippen LogP contribution in [0.4, 0.5) is 13.6 Å². The summed E-state index contributed by atoms with van der Waals surface area (Å²) in [6.45, 7) is 6.13. The van der Waals surface area contributed by atoms with E-state index < -0.39 is 17.6 Å². The number of rotatable bonds is 0. The van der Waals surface area contributed by atoms with E-state index in [4.69, 9.17) is 11.2 Å². The molecule has 1 unspecified atom stereocenters. The minimum atomic E-state index is -3.00. The number of carbonyl (C=O) groups excluding carboxylic acids is 1. The van der Waals surface area contributed by atoms with Crippen molar-refractivity contribution in [3.05, 3.63) is 17.0 Å². The minimum absolute atomic E-state index is 0.0893. The summed E-state index contributed by atoms with van der Waals surface area (Å²) >= 11 is 0. The quantitative estimate of drug-likeness (QED) is 0.674. The van der Waals surface area contributed by atoms with Crippen molar-refractivity contribution in [2.45, 2.75) is 64.6 Å². The Morgan fingerprint density at radius 2 is 2.16 bits per heavy atom. The number of halogens is 2. The van der Waals surface area contributed by atoms with Gasteiger partial charge in [-0.15, -0.1) is 12.3 Å². The molecule has 3 heterocycles. The molecule has 0 saturated heterocycles. The Balaban J connectivity index is 1.92. The average molecular weight is 351 g/mol. The van der Waals surface area contributed by atoms with Crippen LogP contribution in [0.15, 0.2) is 0 Å². The van der Waals surface area contributed by atoms with Crippen LogP contribution in [-0.4, -0.2) is 32.9 Å². The fourth-order valence-corrected chi connectivity index (χ4v) is 3.36. The number of hydrogen-bond donors (Lipinski definition) is 0. The Morgan fingerprint density at radius 1 is 1.44 bits per heavy atom. The Bertz CT molecular complexity index is 728. The van der Waals surface area contributed by atoms with Gasteiger partial charge in [0, 0.05) is 30.9 Å². The SMILES string of the molecule is C#CC1CCC(F)(F)c2c3c(nn2C1)CCN(C(=O)OC(C)(C)C)C3. The van der Waals surface area contributed by atoms with Gasteiger partial charge in [0.15, 0.2) is 0 Å². The Labute approximate surface area is 146 Å². The number of fused-ring (bicyclic) bond motifs is 3. The van der Waals surface area contributed by atoms with Gasteiger partial charge in [0.05, 0.1) is 18.8 Å². The molecule has 0 aliphatic carbocycles. The zero-order chi connectivity index (χ0) is 18.4. The molecule has 0 bridgehead atoms. The average Bonchev–Trinajstić information content (AvgIpc) is 2.81. The number of alkyl halides is 2. The van der Waals surface area contributed by atoms with Crippen molar-refractivity contribution in [3.63, 3.8) is 0 Å². The van der Waals surface area contributed by atoms with Crippen molar-refractivity contribution in [1.82, 2.24) is 14.7 Å². The third-order valence-corrected chi connectivity index (χ3v) is 4.54. The van der Waals surface area contributed by atoms with Gasteiger partial charge in [-0.3, -0.25) is 4.68 Å². The fraction of sp³-hybridized carbons (Fsp3) is 0.667. The number of hydrogen-bond acceptors (Lipinski definition) is 3. The third kappa shape index (κ3) is 3.48. The summed E-state index contributed by atoms with van der Waals surface area (Å²) in [5.74, 6) is -0.674. The van der Waals surface area contributed by atoms with E-state index in [1.165, 1.54) is 9.58 Å². The first-order valence-electron chi connectivity index (χ1n) is 8.51. The van der Waals surface area contributed by atoms with E-state index in [1.54, 1.807) is 20.8 Å². The fourth-order valence-electron chi connectivity index (χ4n) is 3.36. The summed E-state index contributed by atoms with van der Waals surface area (Å²) in [5, 5.41) is 4.38. The standard InChI is InChI=1S/C18H23F2N3O2/c1-5-12-6-8-18(19,20)15-13-11-22(16(24)25-17(2,3)4)9-7-14(13)21-23(15)10-12/h1,12H,6-11H2,2-4H3. The van der Waals surface area contributed by atoms with Gasteiger partial charge in [0.1, 0.15) is 11.3 Å². The number of nitrogens with zero attached hydrogens (tertiary/aromatic N) is 3. The van der Waals surface area contributed by atoms with Crippen LogP contribution in [-0.2, 0) is 30.2 Å². The van der Waals surface area contributed by atoms with Crippen LogP contribution < -0.4 is 0 Å². The number of terminal acetylenes is 1. The van der Waals surface area contributed by atoms with Gasteiger partial charge in [-0.2, -0.15) is 13.9 Å². The first-order valence-corrected chi connectivity index (χ1v) is 8.51. The second-order valence-corrected chi connectivity index (χ2v) is 7.71. The highest BCUT2D eigenvalue weighted by atomic mass is 19.3. The van der Waals surface area contributed by atoms with Crippen molar-refractivity contribution >= 4 is 6.09 Å². The summed E-state index contributed by atoms with van der Waals surface area (Å²) in [4.78, 5) is 13.8. The van der Waals surface area contributed by atoms with Crippen LogP contribution >= 0.6 is 0 Å². The van der Waals surface area contributed by atoms with Gasteiger partial charge in [-0.25, -0.2) is 4.79 Å². The van der Waals surface area contributed by atoms with Crippen molar-refractivity contribution < 1.29 is 18.3 Å². The predicted octanol–water partition coefficient (Wildman–Crippen LogP) is 3.31. The smallest absolute Gasteiger partial charge is 0.410 e. The third-order valence-electron chi connectivity index (χ3n) is 4.54. The zero-order valence-corrected chi connectivity index (χ0v) is 14.8. The molecular weight excluding hydrogens is 328 g/mol. The predicted molar refractivity (Wildman–Crippen MR) is 88.0 cm³/mol. The maximum absolute atomic E-state index is 14.7. The molecule has 0 spiro atoms. The van der Waals surface area contributed by atoms with Crippen molar-refractivity contribution in [3.8, 4) is 12.3 Å². The lowest BCUT2D eigenvalue weighted by molar-refractivity contribution is -0.0218. The molecule has 1 aromatic heterocycles. The van der Waals surface area contributed by atoms with E-state index in [0.717, 1.165) is 0 Å². The molecule has 1 aromatic rings. The van der Waals surface area contributed by atoms with Gasteiger partial charge in [-0.1, -0.05) is 0 Å². The van der Waals surface area contributed by atoms with E-state index in [9.17, 15) is 13.6 Å². The van der Waals surface area contributed by atoms with Crippen molar-refractivity contribution in [2.24, 2.45) is 5.92 Å². The normalized spacial score (nSPS) is 22.4. The molecule has 25 heavy (non-hydrogen) atoms. The highest BCUT2D eigenvalue weighted by Crippen LogP contribution is 2.41. The first-order chi connectivity index (χ1) is 11.6. The first kappa shape index (κ1) is 17.7. The van der Waals surface area contributed by atoms with Crippen molar-refractivity contribution in [2.75, 3.05) is 6.54 Å². The monoisotopic (exact) mass is 351 g/mol. The molecule has 7 heteroatoms. The lowest BCUT2D eigenvalue weighted by Crippen LogP contribution is -2.40. The lowest BCUT2D eigenvalue weighted by Gasteiger charge is -2.30. The highest BCUT2D eigenvalue weighted by Gasteiger charge is 2.43. The second-order valence-electron chi connectivity index (χ2n) is 7.71. The molecule has 2 aliphatic heterocycles. The number of carbonyl (C=O) groups is 1. The molecule has 0 N–H and O–H groups in total. The molecule has 1 atom stereocenters. The molecule has 0 fully saturated rings. The largest absolute Gasteiger partial charge is 0.444 e. The summed E-state index contributed by atoms with van der Waals surface area (Å²) in [6, 6.07) is 0. The van der Waals surface area contributed by atoms with E-state index in [-0.39, 0.29) is 31.0 Å². The Hall–Kier alpha value is -2.10. The lowest BCUT2D eigenvalue weighted by atomic mass is 9.98. The van der Waals surface area contributed by atoms with Crippen LogP contribution in [0.2, 0.25) is 0 Å². The maximum Gasteiger partial charge on any atom is 0.410 e. The topological polar surface area (TPSA) is 47.4 Å².